The fraction of sp³-hybridized carbons (Fsp3) is 0.500. The molecule has 0 spiro atoms. The van der Waals surface area contributed by atoms with Gasteiger partial charge >= 0.3 is 0 Å². The highest BCUT2D eigenvalue weighted by Gasteiger charge is 2.27. The molecule has 9 nitrogen and oxygen atoms in total. The Balaban J connectivity index is 1.59. The van der Waals surface area contributed by atoms with Crippen LogP contribution in [0.1, 0.15) is 18.4 Å². The van der Waals surface area contributed by atoms with E-state index in [9.17, 15) is 13.2 Å². The van der Waals surface area contributed by atoms with E-state index in [1.165, 1.54) is 26.2 Å². The monoisotopic (exact) mass is 469 g/mol. The van der Waals surface area contributed by atoms with E-state index in [1.54, 1.807) is 6.07 Å². The van der Waals surface area contributed by atoms with Gasteiger partial charge in [0.1, 0.15) is 4.90 Å². The number of anilines is 1. The third-order valence-corrected chi connectivity index (χ3v) is 7.64. The number of hydrogen-bond acceptors (Lipinski definition) is 7. The van der Waals surface area contributed by atoms with Crippen LogP contribution in [0.3, 0.4) is 0 Å². The number of benzene rings is 1. The maximum absolute atomic E-state index is 12.8. The van der Waals surface area contributed by atoms with Gasteiger partial charge in [-0.05, 0) is 32.0 Å². The molecule has 2 heterocycles. The number of hydrogen-bond donors (Lipinski definition) is 1. The number of nitrogens with one attached hydrogen (secondary N) is 1. The van der Waals surface area contributed by atoms with Crippen molar-refractivity contribution in [3.63, 3.8) is 0 Å². The van der Waals surface area contributed by atoms with Crippen LogP contribution >= 0.6 is 11.6 Å². The van der Waals surface area contributed by atoms with Crippen molar-refractivity contribution in [2.75, 3.05) is 45.6 Å². The first-order valence-corrected chi connectivity index (χ1v) is 11.8. The van der Waals surface area contributed by atoms with Gasteiger partial charge in [-0.25, -0.2) is 12.7 Å². The Morgan fingerprint density at radius 3 is 2.52 bits per heavy atom. The summed E-state index contributed by atoms with van der Waals surface area (Å²) in [5, 5.41) is 6.83. The Bertz CT molecular complexity index is 1030. The molecule has 0 unspecified atom stereocenters. The molecule has 1 fully saturated rings. The zero-order valence-corrected chi connectivity index (χ0v) is 19.7. The maximum Gasteiger partial charge on any atom is 0.244 e. The Labute approximate surface area is 188 Å². The molecule has 1 N–H and O–H groups in total. The topological polar surface area (TPSA) is 99.0 Å². The molecule has 3 rings (SSSR count). The number of sulfonamides is 1. The largest absolute Gasteiger partial charge is 0.360 e. The summed E-state index contributed by atoms with van der Waals surface area (Å²) in [6, 6.07) is 6.03. The van der Waals surface area contributed by atoms with Crippen LogP contribution in [-0.2, 0) is 21.4 Å². The molecule has 0 radical (unpaired) electrons. The molecule has 2 aromatic rings. The van der Waals surface area contributed by atoms with Crippen molar-refractivity contribution in [1.29, 1.82) is 0 Å². The highest BCUT2D eigenvalue weighted by Crippen LogP contribution is 2.27. The first-order chi connectivity index (χ1) is 14.6. The molecule has 1 aromatic heterocycles. The van der Waals surface area contributed by atoms with Crippen molar-refractivity contribution >= 4 is 33.2 Å². The maximum atomic E-state index is 12.8. The van der Waals surface area contributed by atoms with Crippen LogP contribution in [0.5, 0.6) is 0 Å². The normalized spacial score (nSPS) is 17.1. The van der Waals surface area contributed by atoms with Gasteiger partial charge in [-0.15, -0.1) is 0 Å². The van der Waals surface area contributed by atoms with Crippen molar-refractivity contribution in [1.82, 2.24) is 19.3 Å². The van der Waals surface area contributed by atoms with Crippen LogP contribution in [0, 0.1) is 6.92 Å². The van der Waals surface area contributed by atoms with Crippen molar-refractivity contribution in [2.24, 2.45) is 0 Å². The number of rotatable bonds is 7. The second kappa shape index (κ2) is 9.66. The third-order valence-electron chi connectivity index (χ3n) is 5.35. The van der Waals surface area contributed by atoms with E-state index in [1.807, 2.05) is 19.9 Å². The highest BCUT2D eigenvalue weighted by molar-refractivity contribution is 7.89. The van der Waals surface area contributed by atoms with Crippen LogP contribution in [0.15, 0.2) is 33.7 Å². The van der Waals surface area contributed by atoms with Crippen molar-refractivity contribution in [2.45, 2.75) is 31.3 Å². The third kappa shape index (κ3) is 5.64. The lowest BCUT2D eigenvalue weighted by Gasteiger charge is -2.37. The molecule has 1 aliphatic heterocycles. The first-order valence-electron chi connectivity index (χ1n) is 9.99. The molecule has 11 heteroatoms. The van der Waals surface area contributed by atoms with Crippen LogP contribution in [0.2, 0.25) is 5.02 Å². The molecular weight excluding hydrogens is 442 g/mol. The minimum atomic E-state index is -3.72. The molecule has 31 heavy (non-hydrogen) atoms. The van der Waals surface area contributed by atoms with Crippen molar-refractivity contribution in [3.8, 4) is 0 Å². The zero-order valence-electron chi connectivity index (χ0n) is 18.1. The lowest BCUT2D eigenvalue weighted by atomic mass is 10.2. The van der Waals surface area contributed by atoms with Gasteiger partial charge in [0, 0.05) is 52.0 Å². The summed E-state index contributed by atoms with van der Waals surface area (Å²) in [5.41, 5.74) is 1.25. The molecule has 1 aromatic carbocycles. The van der Waals surface area contributed by atoms with E-state index >= 15 is 0 Å². The van der Waals surface area contributed by atoms with Crippen LogP contribution in [-0.4, -0.2) is 79.9 Å². The summed E-state index contributed by atoms with van der Waals surface area (Å²) in [6.07, 6.45) is 0. The average Bonchev–Trinajstić information content (AvgIpc) is 3.13. The summed E-state index contributed by atoms with van der Waals surface area (Å²) in [5.74, 6) is 0.637. The Hall–Kier alpha value is -1.98. The number of piperazine rings is 1. The quantitative estimate of drug-likeness (QED) is 0.662. The summed E-state index contributed by atoms with van der Waals surface area (Å²) in [4.78, 5) is 17.1. The van der Waals surface area contributed by atoms with Gasteiger partial charge in [-0.3, -0.25) is 14.6 Å². The van der Waals surface area contributed by atoms with Gasteiger partial charge in [-0.1, -0.05) is 16.8 Å². The van der Waals surface area contributed by atoms with E-state index in [0.29, 0.717) is 12.2 Å². The molecule has 1 amide bonds. The average molecular weight is 470 g/mol. The number of amides is 1. The van der Waals surface area contributed by atoms with Gasteiger partial charge in [0.25, 0.3) is 0 Å². The van der Waals surface area contributed by atoms with E-state index in [-0.39, 0.29) is 21.9 Å². The molecule has 0 aliphatic carbocycles. The lowest BCUT2D eigenvalue weighted by molar-refractivity contribution is -0.121. The summed E-state index contributed by atoms with van der Waals surface area (Å²) < 4.78 is 31.2. The fourth-order valence-electron chi connectivity index (χ4n) is 3.41. The summed E-state index contributed by atoms with van der Waals surface area (Å²) >= 11 is 6.08. The first kappa shape index (κ1) is 23.7. The fourth-order valence-corrected chi connectivity index (χ4v) is 4.80. The number of carbonyl (C=O) groups excluding carboxylic acids is 1. The zero-order chi connectivity index (χ0) is 22.8. The van der Waals surface area contributed by atoms with Crippen LogP contribution in [0.4, 0.5) is 5.69 Å². The predicted octanol–water partition coefficient (Wildman–Crippen LogP) is 2.03. The van der Waals surface area contributed by atoms with Crippen LogP contribution < -0.4 is 5.32 Å². The SMILES string of the molecule is Cc1cc(CN2CCN([C@@H](C)C(=O)Nc3ccc(Cl)c(S(=O)(=O)N(C)C)c3)CC2)on1. The van der Waals surface area contributed by atoms with Gasteiger partial charge in [0.15, 0.2) is 5.76 Å². The Kier molecular flexibility index (Phi) is 7.38. The second-order valence-electron chi connectivity index (χ2n) is 7.84. The Morgan fingerprint density at radius 1 is 1.26 bits per heavy atom. The van der Waals surface area contributed by atoms with Crippen LogP contribution in [0.25, 0.3) is 0 Å². The summed E-state index contributed by atoms with van der Waals surface area (Å²) in [7, 11) is -0.850. The molecular formula is C20H28ClN5O4S. The molecule has 170 valence electrons. The number of aromatic nitrogens is 1. The predicted molar refractivity (Wildman–Crippen MR) is 119 cm³/mol. The van der Waals surface area contributed by atoms with Gasteiger partial charge in [0.05, 0.1) is 23.3 Å². The molecule has 1 saturated heterocycles. The van der Waals surface area contributed by atoms with Gasteiger partial charge < -0.3 is 9.84 Å². The molecule has 1 atom stereocenters. The highest BCUT2D eigenvalue weighted by atomic mass is 35.5. The van der Waals surface area contributed by atoms with Crippen molar-refractivity contribution < 1.29 is 17.7 Å². The van der Waals surface area contributed by atoms with Gasteiger partial charge in [0.2, 0.25) is 15.9 Å². The standard InChI is InChI=1S/C20H28ClN5O4S/c1-14-11-17(30-23-14)13-25-7-9-26(10-8-25)15(2)20(27)22-16-5-6-18(21)19(12-16)31(28,29)24(3)4/h5-6,11-12,15H,7-10,13H2,1-4H3,(H,22,27)/t15-/m0/s1. The van der Waals surface area contributed by atoms with Gasteiger partial charge in [-0.2, -0.15) is 0 Å². The number of carbonyl (C=O) groups is 1. The number of nitrogens with zero attached hydrogens (tertiary/aromatic N) is 4. The minimum absolute atomic E-state index is 0.0408. The minimum Gasteiger partial charge on any atom is -0.360 e. The summed E-state index contributed by atoms with van der Waals surface area (Å²) in [6.45, 7) is 7.53. The second-order valence-corrected chi connectivity index (χ2v) is 10.4. The smallest absolute Gasteiger partial charge is 0.244 e. The number of aryl methyl sites for hydroxylation is 1. The molecule has 0 bridgehead atoms. The molecule has 0 saturated carbocycles. The van der Waals surface area contributed by atoms with E-state index in [2.05, 4.69) is 20.3 Å². The van der Waals surface area contributed by atoms with E-state index in [0.717, 1.165) is 41.9 Å². The number of halogens is 1. The van der Waals surface area contributed by atoms with Crippen molar-refractivity contribution in [3.05, 3.63) is 40.7 Å². The van der Waals surface area contributed by atoms with E-state index < -0.39 is 10.0 Å². The molecule has 1 aliphatic rings. The van der Waals surface area contributed by atoms with E-state index in [4.69, 9.17) is 16.1 Å². The lowest BCUT2D eigenvalue weighted by Crippen LogP contribution is -2.52. The Morgan fingerprint density at radius 2 is 1.94 bits per heavy atom.